The predicted molar refractivity (Wildman–Crippen MR) is 122 cm³/mol. The number of amides is 1. The van der Waals surface area contributed by atoms with Gasteiger partial charge in [-0.05, 0) is 56.2 Å². The van der Waals surface area contributed by atoms with Crippen LogP contribution in [0.2, 0.25) is 0 Å². The molecule has 1 atom stereocenters. The first-order chi connectivity index (χ1) is 14.6. The summed E-state index contributed by atoms with van der Waals surface area (Å²) < 4.78 is 6.22. The number of methoxy groups -OCH3 is 1. The van der Waals surface area contributed by atoms with Crippen LogP contribution in [0.5, 0.6) is 0 Å². The third kappa shape index (κ3) is 4.32. The zero-order chi connectivity index (χ0) is 21.1. The molecule has 4 rings (SSSR count). The average Bonchev–Trinajstić information content (AvgIpc) is 3.33. The quantitative estimate of drug-likeness (QED) is 0.583. The number of aryl methyl sites for hydroxylation is 2. The number of benzene rings is 1. The van der Waals surface area contributed by atoms with Crippen molar-refractivity contribution >= 4 is 33.3 Å². The van der Waals surface area contributed by atoms with E-state index in [1.54, 1.807) is 18.4 Å². The largest absolute Gasteiger partial charge is 0.383 e. The Balaban J connectivity index is 1.65. The predicted octanol–water partition coefficient (Wildman–Crippen LogP) is 3.90. The number of carbonyl (C=O) groups is 1. The Morgan fingerprint density at radius 2 is 2.03 bits per heavy atom. The molecule has 1 amide bonds. The summed E-state index contributed by atoms with van der Waals surface area (Å²) >= 11 is 1.57. The summed E-state index contributed by atoms with van der Waals surface area (Å²) in [6.45, 7) is 5.99. The first-order valence-electron chi connectivity index (χ1n) is 10.4. The summed E-state index contributed by atoms with van der Waals surface area (Å²) in [5.74, 6) is 0.788. The highest BCUT2D eigenvalue weighted by Gasteiger charge is 2.30. The Hall–Kier alpha value is -2.51. The van der Waals surface area contributed by atoms with E-state index < -0.39 is 0 Å². The van der Waals surface area contributed by atoms with Crippen LogP contribution in [0.3, 0.4) is 0 Å². The summed E-state index contributed by atoms with van der Waals surface area (Å²) in [6, 6.07) is 10.6. The molecule has 3 heterocycles. The number of rotatable bonds is 7. The number of carbonyl (C=O) groups excluding carboxylic acids is 1. The van der Waals surface area contributed by atoms with Crippen molar-refractivity contribution in [3.8, 4) is 0 Å². The molecule has 2 aromatic heterocycles. The van der Waals surface area contributed by atoms with Gasteiger partial charge in [0.2, 0.25) is 5.95 Å². The van der Waals surface area contributed by atoms with Gasteiger partial charge in [-0.15, -0.1) is 11.3 Å². The number of hydrogen-bond acceptors (Lipinski definition) is 6. The Morgan fingerprint density at radius 1 is 1.27 bits per heavy atom. The highest BCUT2D eigenvalue weighted by molar-refractivity contribution is 7.21. The minimum atomic E-state index is -0.0181. The molecule has 1 aliphatic heterocycles. The summed E-state index contributed by atoms with van der Waals surface area (Å²) in [7, 11) is 1.64. The molecule has 1 fully saturated rings. The molecule has 1 aliphatic rings. The van der Waals surface area contributed by atoms with E-state index in [9.17, 15) is 4.79 Å². The van der Waals surface area contributed by atoms with Crippen LogP contribution in [-0.2, 0) is 11.2 Å². The maximum atomic E-state index is 12.9. The van der Waals surface area contributed by atoms with E-state index in [0.717, 1.165) is 58.3 Å². The van der Waals surface area contributed by atoms with Crippen molar-refractivity contribution in [1.82, 2.24) is 15.3 Å². The van der Waals surface area contributed by atoms with Crippen LogP contribution in [0.4, 0.5) is 5.95 Å². The minimum Gasteiger partial charge on any atom is -0.383 e. The molecule has 0 radical (unpaired) electrons. The molecule has 0 aliphatic carbocycles. The van der Waals surface area contributed by atoms with Crippen molar-refractivity contribution in [3.05, 3.63) is 52.2 Å². The second-order valence-electron chi connectivity index (χ2n) is 7.80. The molecule has 0 spiro atoms. The normalized spacial score (nSPS) is 16.4. The summed E-state index contributed by atoms with van der Waals surface area (Å²) in [6.07, 6.45) is 3.00. The standard InChI is InChI=1S/C23H28N4O2S/c1-15-13-16(2)26-23(25-15)27-11-6-7-17(27)14-19-18-8-4-5-9-20(18)30-21(19)22(28)24-10-12-29-3/h4-5,8-9,13,17H,6-7,10-12,14H2,1-3H3,(H,24,28)/t17-/m1/s1. The van der Waals surface area contributed by atoms with Gasteiger partial charge < -0.3 is 15.0 Å². The van der Waals surface area contributed by atoms with Crippen molar-refractivity contribution in [1.29, 1.82) is 0 Å². The molecule has 7 heteroatoms. The van der Waals surface area contributed by atoms with Gasteiger partial charge in [0, 0.05) is 42.3 Å². The number of fused-ring (bicyclic) bond motifs is 1. The van der Waals surface area contributed by atoms with Gasteiger partial charge in [0.25, 0.3) is 5.91 Å². The lowest BCUT2D eigenvalue weighted by molar-refractivity contribution is 0.0940. The van der Waals surface area contributed by atoms with Crippen LogP contribution < -0.4 is 10.2 Å². The van der Waals surface area contributed by atoms with Crippen molar-refractivity contribution < 1.29 is 9.53 Å². The summed E-state index contributed by atoms with van der Waals surface area (Å²) in [5, 5.41) is 4.17. The molecule has 0 unspecified atom stereocenters. The van der Waals surface area contributed by atoms with E-state index in [1.807, 2.05) is 32.0 Å². The molecule has 3 aromatic rings. The molecule has 1 saturated heterocycles. The number of ether oxygens (including phenoxy) is 1. The zero-order valence-corrected chi connectivity index (χ0v) is 18.6. The Kier molecular flexibility index (Phi) is 6.29. The van der Waals surface area contributed by atoms with Gasteiger partial charge in [0.1, 0.15) is 0 Å². The Labute approximate surface area is 181 Å². The smallest absolute Gasteiger partial charge is 0.261 e. The first-order valence-corrected chi connectivity index (χ1v) is 11.2. The number of hydrogen-bond donors (Lipinski definition) is 1. The third-order valence-corrected chi connectivity index (χ3v) is 6.75. The molecule has 1 aromatic carbocycles. The van der Waals surface area contributed by atoms with E-state index in [0.29, 0.717) is 13.2 Å². The first kappa shape index (κ1) is 20.8. The fraction of sp³-hybridized carbons (Fsp3) is 0.435. The van der Waals surface area contributed by atoms with E-state index in [1.165, 1.54) is 5.39 Å². The van der Waals surface area contributed by atoms with Gasteiger partial charge in [0.05, 0.1) is 11.5 Å². The number of anilines is 1. The average molecular weight is 425 g/mol. The maximum Gasteiger partial charge on any atom is 0.261 e. The molecule has 0 saturated carbocycles. The third-order valence-electron chi connectivity index (χ3n) is 5.54. The fourth-order valence-electron chi connectivity index (χ4n) is 4.21. The van der Waals surface area contributed by atoms with Crippen LogP contribution in [0.1, 0.15) is 39.5 Å². The highest BCUT2D eigenvalue weighted by Crippen LogP contribution is 2.35. The summed E-state index contributed by atoms with van der Waals surface area (Å²) in [5.41, 5.74) is 3.11. The van der Waals surface area contributed by atoms with E-state index in [-0.39, 0.29) is 11.9 Å². The van der Waals surface area contributed by atoms with Crippen LogP contribution in [0.25, 0.3) is 10.1 Å². The lowest BCUT2D eigenvalue weighted by atomic mass is 10.0. The lowest BCUT2D eigenvalue weighted by Crippen LogP contribution is -2.33. The van der Waals surface area contributed by atoms with Crippen LogP contribution in [-0.4, -0.2) is 48.7 Å². The van der Waals surface area contributed by atoms with Crippen molar-refractivity contribution in [2.45, 2.75) is 39.2 Å². The van der Waals surface area contributed by atoms with Crippen molar-refractivity contribution in [2.24, 2.45) is 0 Å². The molecular weight excluding hydrogens is 396 g/mol. The Bertz CT molecular complexity index is 1030. The molecule has 6 nitrogen and oxygen atoms in total. The second-order valence-corrected chi connectivity index (χ2v) is 8.85. The zero-order valence-electron chi connectivity index (χ0n) is 17.8. The second kappa shape index (κ2) is 9.10. The van der Waals surface area contributed by atoms with Crippen LogP contribution in [0.15, 0.2) is 30.3 Å². The molecule has 0 bridgehead atoms. The molecule has 30 heavy (non-hydrogen) atoms. The van der Waals surface area contributed by atoms with Crippen LogP contribution >= 0.6 is 11.3 Å². The molecule has 158 valence electrons. The SMILES string of the molecule is COCCNC(=O)c1sc2ccccc2c1C[C@H]1CCCN1c1nc(C)cc(C)n1. The molecule has 1 N–H and O–H groups in total. The van der Waals surface area contributed by atoms with Crippen LogP contribution in [0, 0.1) is 13.8 Å². The summed E-state index contributed by atoms with van der Waals surface area (Å²) in [4.78, 5) is 25.4. The van der Waals surface area contributed by atoms with Gasteiger partial charge >= 0.3 is 0 Å². The molecular formula is C23H28N4O2S. The van der Waals surface area contributed by atoms with Gasteiger partial charge in [0.15, 0.2) is 0 Å². The van der Waals surface area contributed by atoms with E-state index in [2.05, 4.69) is 32.3 Å². The number of nitrogens with one attached hydrogen (secondary N) is 1. The van der Waals surface area contributed by atoms with Crippen molar-refractivity contribution in [3.63, 3.8) is 0 Å². The van der Waals surface area contributed by atoms with Gasteiger partial charge in [-0.3, -0.25) is 4.79 Å². The maximum absolute atomic E-state index is 12.9. The number of aromatic nitrogens is 2. The van der Waals surface area contributed by atoms with E-state index >= 15 is 0 Å². The fourth-order valence-corrected chi connectivity index (χ4v) is 5.36. The number of thiophene rings is 1. The lowest BCUT2D eigenvalue weighted by Gasteiger charge is -2.25. The topological polar surface area (TPSA) is 67.3 Å². The number of nitrogens with zero attached hydrogens (tertiary/aromatic N) is 3. The monoisotopic (exact) mass is 424 g/mol. The van der Waals surface area contributed by atoms with Gasteiger partial charge in [-0.2, -0.15) is 0 Å². The van der Waals surface area contributed by atoms with E-state index in [4.69, 9.17) is 4.74 Å². The highest BCUT2D eigenvalue weighted by atomic mass is 32.1. The minimum absolute atomic E-state index is 0.0181. The van der Waals surface area contributed by atoms with Crippen molar-refractivity contribution in [2.75, 3.05) is 31.7 Å². The Morgan fingerprint density at radius 3 is 2.80 bits per heavy atom. The van der Waals surface area contributed by atoms with Gasteiger partial charge in [-0.1, -0.05) is 18.2 Å². The van der Waals surface area contributed by atoms with Gasteiger partial charge in [-0.25, -0.2) is 9.97 Å².